The van der Waals surface area contributed by atoms with Crippen LogP contribution in [0.25, 0.3) is 11.0 Å². The molecule has 0 bridgehead atoms. The predicted molar refractivity (Wildman–Crippen MR) is 92.9 cm³/mol. The Morgan fingerprint density at radius 3 is 2.62 bits per heavy atom. The number of rotatable bonds is 3. The Morgan fingerprint density at radius 2 is 1.88 bits per heavy atom. The van der Waals surface area contributed by atoms with Gasteiger partial charge in [0.1, 0.15) is 11.4 Å². The van der Waals surface area contributed by atoms with Gasteiger partial charge in [-0.1, -0.05) is 12.1 Å². The molecule has 0 atom stereocenters. The Labute approximate surface area is 147 Å². The second-order valence-electron chi connectivity index (χ2n) is 5.52. The van der Waals surface area contributed by atoms with Crippen molar-refractivity contribution in [3.05, 3.63) is 75.4 Å². The molecule has 0 radical (unpaired) electrons. The fourth-order valence-electron chi connectivity index (χ4n) is 2.53. The minimum atomic E-state index is -0.809. The zero-order chi connectivity index (χ0) is 18.8. The molecule has 26 heavy (non-hydrogen) atoms. The normalized spacial score (nSPS) is 10.6. The van der Waals surface area contributed by atoms with E-state index in [9.17, 15) is 18.8 Å². The van der Waals surface area contributed by atoms with Crippen molar-refractivity contribution in [3.63, 3.8) is 0 Å². The molecular formula is C19H14FNO5. The van der Waals surface area contributed by atoms with Crippen LogP contribution in [-0.4, -0.2) is 19.0 Å². The highest BCUT2D eigenvalue weighted by atomic mass is 19.1. The van der Waals surface area contributed by atoms with E-state index >= 15 is 0 Å². The van der Waals surface area contributed by atoms with Gasteiger partial charge >= 0.3 is 5.97 Å². The fraction of sp³-hybridized carbons (Fsp3) is 0.105. The molecule has 1 amide bonds. The van der Waals surface area contributed by atoms with Gasteiger partial charge in [-0.15, -0.1) is 0 Å². The highest BCUT2D eigenvalue weighted by Gasteiger charge is 2.20. The van der Waals surface area contributed by atoms with Gasteiger partial charge in [0.2, 0.25) is 0 Å². The number of carbonyl (C=O) groups excluding carboxylic acids is 2. The molecule has 7 heteroatoms. The number of anilines is 1. The molecule has 0 spiro atoms. The van der Waals surface area contributed by atoms with Crippen LogP contribution in [0.15, 0.2) is 51.7 Å². The summed E-state index contributed by atoms with van der Waals surface area (Å²) in [5, 5.41) is 2.82. The number of ether oxygens (including phenoxy) is 1. The van der Waals surface area contributed by atoms with Crippen molar-refractivity contribution in [2.75, 3.05) is 12.4 Å². The third-order valence-corrected chi connectivity index (χ3v) is 3.87. The Kier molecular flexibility index (Phi) is 4.53. The van der Waals surface area contributed by atoms with Gasteiger partial charge in [-0.25, -0.2) is 9.18 Å². The number of nitrogens with one attached hydrogen (secondary N) is 1. The largest absolute Gasteiger partial charge is 0.465 e. The number of benzene rings is 2. The van der Waals surface area contributed by atoms with Gasteiger partial charge < -0.3 is 14.5 Å². The third-order valence-electron chi connectivity index (χ3n) is 3.87. The highest BCUT2D eigenvalue weighted by Crippen LogP contribution is 2.21. The number of fused-ring (bicyclic) bond motifs is 1. The van der Waals surface area contributed by atoms with E-state index in [-0.39, 0.29) is 33.6 Å². The standard InChI is InChI=1S/C19H14FNO5/c1-10-16(22)12-5-3-4-6-15(12)26-17(10)18(23)21-14-8-7-11(20)9-13(14)19(24)25-2/h3-9H,1-2H3,(H,21,23). The quantitative estimate of drug-likeness (QED) is 0.729. The number of hydrogen-bond donors (Lipinski definition) is 1. The average Bonchev–Trinajstić information content (AvgIpc) is 2.65. The van der Waals surface area contributed by atoms with Crippen LogP contribution in [0.4, 0.5) is 10.1 Å². The molecule has 0 saturated carbocycles. The number of esters is 1. The lowest BCUT2D eigenvalue weighted by molar-refractivity contribution is 0.0601. The number of carbonyl (C=O) groups is 2. The van der Waals surface area contributed by atoms with Gasteiger partial charge in [0, 0.05) is 5.56 Å². The molecule has 0 fully saturated rings. The van der Waals surface area contributed by atoms with Gasteiger partial charge in [0.15, 0.2) is 11.2 Å². The van der Waals surface area contributed by atoms with Gasteiger partial charge in [-0.2, -0.15) is 0 Å². The molecule has 0 aliphatic heterocycles. The van der Waals surface area contributed by atoms with E-state index in [4.69, 9.17) is 4.42 Å². The van der Waals surface area contributed by atoms with Crippen molar-refractivity contribution in [2.45, 2.75) is 6.92 Å². The first-order chi connectivity index (χ1) is 12.4. The molecule has 0 aliphatic rings. The molecule has 6 nitrogen and oxygen atoms in total. The maximum atomic E-state index is 13.4. The molecule has 1 N–H and O–H groups in total. The van der Waals surface area contributed by atoms with E-state index in [2.05, 4.69) is 10.1 Å². The third kappa shape index (κ3) is 3.06. The zero-order valence-corrected chi connectivity index (χ0v) is 14.0. The molecule has 1 aromatic heterocycles. The Hall–Kier alpha value is -3.48. The molecule has 1 heterocycles. The highest BCUT2D eigenvalue weighted by molar-refractivity contribution is 6.07. The van der Waals surface area contributed by atoms with E-state index in [1.165, 1.54) is 13.0 Å². The lowest BCUT2D eigenvalue weighted by Gasteiger charge is -2.11. The smallest absolute Gasteiger partial charge is 0.340 e. The van der Waals surface area contributed by atoms with Crippen LogP contribution in [0.5, 0.6) is 0 Å². The van der Waals surface area contributed by atoms with Gasteiger partial charge in [0.05, 0.1) is 23.7 Å². The molecular weight excluding hydrogens is 341 g/mol. The summed E-state index contributed by atoms with van der Waals surface area (Å²) < 4.78 is 23.6. The minimum Gasteiger partial charge on any atom is -0.465 e. The lowest BCUT2D eigenvalue weighted by Crippen LogP contribution is -2.20. The first-order valence-corrected chi connectivity index (χ1v) is 7.64. The maximum absolute atomic E-state index is 13.4. The first kappa shape index (κ1) is 17.3. The van der Waals surface area contributed by atoms with E-state index in [0.29, 0.717) is 5.39 Å². The van der Waals surface area contributed by atoms with Crippen molar-refractivity contribution in [2.24, 2.45) is 0 Å². The molecule has 0 unspecified atom stereocenters. The summed E-state index contributed by atoms with van der Waals surface area (Å²) in [4.78, 5) is 36.8. The SMILES string of the molecule is COC(=O)c1cc(F)ccc1NC(=O)c1oc2ccccc2c(=O)c1C. The van der Waals surface area contributed by atoms with Crippen LogP contribution in [0.2, 0.25) is 0 Å². The number of hydrogen-bond acceptors (Lipinski definition) is 5. The summed E-state index contributed by atoms with van der Waals surface area (Å²) in [6.45, 7) is 1.47. The van der Waals surface area contributed by atoms with Crippen LogP contribution in [-0.2, 0) is 4.74 Å². The molecule has 0 aliphatic carbocycles. The molecule has 3 rings (SSSR count). The summed E-state index contributed by atoms with van der Waals surface area (Å²) in [5.41, 5.74) is -0.0483. The van der Waals surface area contributed by atoms with Crippen molar-refractivity contribution >= 4 is 28.5 Å². The topological polar surface area (TPSA) is 85.6 Å². The maximum Gasteiger partial charge on any atom is 0.340 e. The summed E-state index contributed by atoms with van der Waals surface area (Å²) in [6.07, 6.45) is 0. The van der Waals surface area contributed by atoms with Crippen LogP contribution < -0.4 is 10.7 Å². The van der Waals surface area contributed by atoms with E-state index in [0.717, 1.165) is 19.2 Å². The van der Waals surface area contributed by atoms with Crippen LogP contribution in [0, 0.1) is 12.7 Å². The van der Waals surface area contributed by atoms with Crippen LogP contribution in [0.1, 0.15) is 26.5 Å². The Morgan fingerprint density at radius 1 is 1.15 bits per heavy atom. The molecule has 132 valence electrons. The Balaban J connectivity index is 2.05. The van der Waals surface area contributed by atoms with Gasteiger partial charge in [-0.3, -0.25) is 9.59 Å². The Bertz CT molecular complexity index is 1090. The number of para-hydroxylation sites is 1. The zero-order valence-electron chi connectivity index (χ0n) is 14.0. The van der Waals surface area contributed by atoms with E-state index in [1.54, 1.807) is 24.3 Å². The summed E-state index contributed by atoms with van der Waals surface area (Å²) in [5.74, 6) is -2.38. The van der Waals surface area contributed by atoms with Crippen LogP contribution >= 0.6 is 0 Å². The first-order valence-electron chi connectivity index (χ1n) is 7.64. The average molecular weight is 355 g/mol. The van der Waals surface area contributed by atoms with E-state index < -0.39 is 17.7 Å². The monoisotopic (exact) mass is 355 g/mol. The second kappa shape index (κ2) is 6.79. The summed E-state index contributed by atoms with van der Waals surface area (Å²) >= 11 is 0. The second-order valence-corrected chi connectivity index (χ2v) is 5.52. The summed E-state index contributed by atoms with van der Waals surface area (Å²) in [7, 11) is 1.14. The molecule has 3 aromatic rings. The summed E-state index contributed by atoms with van der Waals surface area (Å²) in [6, 6.07) is 9.82. The minimum absolute atomic E-state index is 0.0402. The van der Waals surface area contributed by atoms with Crippen LogP contribution in [0.3, 0.4) is 0 Å². The number of amides is 1. The number of halogens is 1. The van der Waals surface area contributed by atoms with E-state index in [1.807, 2.05) is 0 Å². The van der Waals surface area contributed by atoms with Gasteiger partial charge in [-0.05, 0) is 37.3 Å². The van der Waals surface area contributed by atoms with Gasteiger partial charge in [0.25, 0.3) is 5.91 Å². The van der Waals surface area contributed by atoms with Crippen molar-refractivity contribution in [3.8, 4) is 0 Å². The lowest BCUT2D eigenvalue weighted by atomic mass is 10.1. The predicted octanol–water partition coefficient (Wildman–Crippen LogP) is 3.28. The van der Waals surface area contributed by atoms with Crippen molar-refractivity contribution in [1.82, 2.24) is 0 Å². The van der Waals surface area contributed by atoms with Crippen molar-refractivity contribution in [1.29, 1.82) is 0 Å². The fourth-order valence-corrected chi connectivity index (χ4v) is 2.53. The molecule has 0 saturated heterocycles. The molecule has 2 aromatic carbocycles. The van der Waals surface area contributed by atoms with Crippen molar-refractivity contribution < 1.29 is 23.1 Å². The number of methoxy groups -OCH3 is 1.